The van der Waals surface area contributed by atoms with Crippen LogP contribution in [-0.2, 0) is 9.53 Å². The number of morpholine rings is 1. The first-order valence-corrected chi connectivity index (χ1v) is 11.6. The Hall–Kier alpha value is -3.45. The maximum atomic E-state index is 13.0. The second-order valence-corrected chi connectivity index (χ2v) is 8.56. The van der Waals surface area contributed by atoms with Crippen molar-refractivity contribution in [3.05, 3.63) is 66.7 Å². The highest BCUT2D eigenvalue weighted by atomic mass is 16.5. The molecule has 7 nitrogen and oxygen atoms in total. The maximum Gasteiger partial charge on any atom is 0.229 e. The molecule has 0 aliphatic carbocycles. The van der Waals surface area contributed by atoms with Gasteiger partial charge in [-0.25, -0.2) is 0 Å². The van der Waals surface area contributed by atoms with Crippen LogP contribution in [0.2, 0.25) is 0 Å². The molecule has 1 aromatic heterocycles. The van der Waals surface area contributed by atoms with Crippen molar-refractivity contribution in [2.24, 2.45) is 5.92 Å². The number of aromatic nitrogens is 2. The number of ether oxygens (including phenoxy) is 1. The van der Waals surface area contributed by atoms with E-state index in [9.17, 15) is 4.79 Å². The second-order valence-electron chi connectivity index (χ2n) is 8.56. The predicted octanol–water partition coefficient (Wildman–Crippen LogP) is 3.84. The van der Waals surface area contributed by atoms with Gasteiger partial charge in [-0.2, -0.15) is 0 Å². The minimum absolute atomic E-state index is 0.0627. The van der Waals surface area contributed by atoms with Gasteiger partial charge in [0.15, 0.2) is 5.82 Å². The smallest absolute Gasteiger partial charge is 0.229 e. The molecule has 0 saturated carbocycles. The molecular formula is C26H29N5O2. The molecule has 2 aromatic carbocycles. The highest BCUT2D eigenvalue weighted by Crippen LogP contribution is 2.25. The summed E-state index contributed by atoms with van der Waals surface area (Å²) in [7, 11) is 0. The first-order valence-electron chi connectivity index (χ1n) is 11.6. The van der Waals surface area contributed by atoms with Crippen molar-refractivity contribution in [2.75, 3.05) is 54.5 Å². The highest BCUT2D eigenvalue weighted by molar-refractivity contribution is 5.93. The third-order valence-corrected chi connectivity index (χ3v) is 6.35. The molecule has 2 fully saturated rings. The highest BCUT2D eigenvalue weighted by Gasteiger charge is 2.27. The van der Waals surface area contributed by atoms with Gasteiger partial charge in [-0.1, -0.05) is 30.3 Å². The Labute approximate surface area is 194 Å². The van der Waals surface area contributed by atoms with Crippen molar-refractivity contribution in [3.63, 3.8) is 0 Å². The molecule has 3 heterocycles. The van der Waals surface area contributed by atoms with Crippen LogP contribution in [-0.4, -0.2) is 55.5 Å². The molecule has 3 aromatic rings. The molecule has 2 aliphatic rings. The predicted molar refractivity (Wildman–Crippen MR) is 131 cm³/mol. The minimum Gasteiger partial charge on any atom is -0.378 e. The number of anilines is 3. The van der Waals surface area contributed by atoms with Crippen molar-refractivity contribution >= 4 is 23.1 Å². The van der Waals surface area contributed by atoms with E-state index >= 15 is 0 Å². The number of carbonyl (C=O) groups is 1. The van der Waals surface area contributed by atoms with E-state index in [2.05, 4.69) is 37.4 Å². The average Bonchev–Trinajstić information content (AvgIpc) is 2.90. The molecule has 1 N–H and O–H groups in total. The summed E-state index contributed by atoms with van der Waals surface area (Å²) in [5, 5.41) is 11.9. The van der Waals surface area contributed by atoms with Gasteiger partial charge in [0.1, 0.15) is 0 Å². The Balaban J connectivity index is 1.19. The summed E-state index contributed by atoms with van der Waals surface area (Å²) in [5.41, 5.74) is 3.90. The second kappa shape index (κ2) is 10.0. The van der Waals surface area contributed by atoms with E-state index < -0.39 is 0 Å². The molecule has 170 valence electrons. The lowest BCUT2D eigenvalue weighted by molar-refractivity contribution is -0.120. The molecule has 7 heteroatoms. The van der Waals surface area contributed by atoms with Gasteiger partial charge in [0.2, 0.25) is 5.91 Å². The van der Waals surface area contributed by atoms with Gasteiger partial charge in [-0.15, -0.1) is 10.2 Å². The summed E-state index contributed by atoms with van der Waals surface area (Å²) in [4.78, 5) is 17.4. The number of hydrogen-bond acceptors (Lipinski definition) is 6. The molecule has 33 heavy (non-hydrogen) atoms. The molecule has 0 radical (unpaired) electrons. The molecule has 2 aliphatic heterocycles. The number of nitrogens with one attached hydrogen (secondary N) is 1. The fourth-order valence-corrected chi connectivity index (χ4v) is 4.48. The van der Waals surface area contributed by atoms with Crippen LogP contribution >= 0.6 is 0 Å². The normalized spacial score (nSPS) is 18.7. The Morgan fingerprint density at radius 3 is 2.39 bits per heavy atom. The molecule has 1 atom stereocenters. The lowest BCUT2D eigenvalue weighted by Gasteiger charge is -2.32. The SMILES string of the molecule is O=C(Nc1ccc(N2CCOCC2)cc1)C1CCCN(c2ccc(-c3ccccc3)nn2)C1. The molecular weight excluding hydrogens is 414 g/mol. The number of rotatable bonds is 5. The number of piperidine rings is 1. The number of benzene rings is 2. The van der Waals surface area contributed by atoms with Crippen LogP contribution in [0.1, 0.15) is 12.8 Å². The van der Waals surface area contributed by atoms with Crippen LogP contribution in [0.3, 0.4) is 0 Å². The van der Waals surface area contributed by atoms with Gasteiger partial charge < -0.3 is 19.9 Å². The summed E-state index contributed by atoms with van der Waals surface area (Å²) in [6.45, 7) is 4.86. The monoisotopic (exact) mass is 443 g/mol. The summed E-state index contributed by atoms with van der Waals surface area (Å²) in [6.07, 6.45) is 1.83. The van der Waals surface area contributed by atoms with E-state index in [1.807, 2.05) is 54.6 Å². The van der Waals surface area contributed by atoms with E-state index in [0.29, 0.717) is 6.54 Å². The van der Waals surface area contributed by atoms with Crippen molar-refractivity contribution in [1.29, 1.82) is 0 Å². The Bertz CT molecular complexity index is 1050. The van der Waals surface area contributed by atoms with Crippen LogP contribution in [0.4, 0.5) is 17.2 Å². The quantitative estimate of drug-likeness (QED) is 0.646. The van der Waals surface area contributed by atoms with Crippen molar-refractivity contribution in [1.82, 2.24) is 10.2 Å². The Morgan fingerprint density at radius 2 is 1.67 bits per heavy atom. The lowest BCUT2D eigenvalue weighted by atomic mass is 9.97. The molecule has 1 unspecified atom stereocenters. The van der Waals surface area contributed by atoms with E-state index in [0.717, 1.165) is 74.1 Å². The zero-order valence-corrected chi connectivity index (χ0v) is 18.7. The molecule has 1 amide bonds. The van der Waals surface area contributed by atoms with Gasteiger partial charge in [0.05, 0.1) is 24.8 Å². The first kappa shape index (κ1) is 21.4. The van der Waals surface area contributed by atoms with Gasteiger partial charge in [-0.3, -0.25) is 4.79 Å². The van der Waals surface area contributed by atoms with E-state index in [4.69, 9.17) is 4.74 Å². The number of carbonyl (C=O) groups excluding carboxylic acids is 1. The molecule has 2 saturated heterocycles. The zero-order valence-electron chi connectivity index (χ0n) is 18.7. The van der Waals surface area contributed by atoms with Gasteiger partial charge in [-0.05, 0) is 49.2 Å². The van der Waals surface area contributed by atoms with Crippen LogP contribution in [0.5, 0.6) is 0 Å². The fraction of sp³-hybridized carbons (Fsp3) is 0.346. The van der Waals surface area contributed by atoms with Gasteiger partial charge >= 0.3 is 0 Å². The van der Waals surface area contributed by atoms with Crippen LogP contribution in [0.25, 0.3) is 11.3 Å². The van der Waals surface area contributed by atoms with Crippen LogP contribution < -0.4 is 15.1 Å². The molecule has 5 rings (SSSR count). The fourth-order valence-electron chi connectivity index (χ4n) is 4.48. The molecule has 0 bridgehead atoms. The van der Waals surface area contributed by atoms with Gasteiger partial charge in [0, 0.05) is 43.1 Å². The van der Waals surface area contributed by atoms with Crippen molar-refractivity contribution in [2.45, 2.75) is 12.8 Å². The summed E-state index contributed by atoms with van der Waals surface area (Å²) >= 11 is 0. The third-order valence-electron chi connectivity index (χ3n) is 6.35. The van der Waals surface area contributed by atoms with Gasteiger partial charge in [0.25, 0.3) is 0 Å². The third kappa shape index (κ3) is 5.14. The van der Waals surface area contributed by atoms with E-state index in [1.165, 1.54) is 0 Å². The van der Waals surface area contributed by atoms with Crippen LogP contribution in [0.15, 0.2) is 66.7 Å². The van der Waals surface area contributed by atoms with Crippen molar-refractivity contribution in [3.8, 4) is 11.3 Å². The summed E-state index contributed by atoms with van der Waals surface area (Å²) in [5.74, 6) is 0.808. The first-order chi connectivity index (χ1) is 16.3. The van der Waals surface area contributed by atoms with Crippen molar-refractivity contribution < 1.29 is 9.53 Å². The average molecular weight is 444 g/mol. The standard InChI is InChI=1S/C26H29N5O2/c32-26(27-22-8-10-23(11-9-22)30-15-17-33-18-16-30)21-7-4-14-31(19-21)25-13-12-24(28-29-25)20-5-2-1-3-6-20/h1-3,5-6,8-13,21H,4,7,14-19H2,(H,27,32). The summed E-state index contributed by atoms with van der Waals surface area (Å²) < 4.78 is 5.42. The van der Waals surface area contributed by atoms with Crippen LogP contribution in [0, 0.1) is 5.92 Å². The topological polar surface area (TPSA) is 70.6 Å². The zero-order chi connectivity index (χ0) is 22.5. The Morgan fingerprint density at radius 1 is 0.879 bits per heavy atom. The minimum atomic E-state index is -0.0757. The van der Waals surface area contributed by atoms with E-state index in [-0.39, 0.29) is 11.8 Å². The molecule has 0 spiro atoms. The van der Waals surface area contributed by atoms with E-state index in [1.54, 1.807) is 0 Å². The lowest BCUT2D eigenvalue weighted by Crippen LogP contribution is -2.41. The summed E-state index contributed by atoms with van der Waals surface area (Å²) in [6, 6.07) is 22.1. The number of amides is 1. The maximum absolute atomic E-state index is 13.0. The Kier molecular flexibility index (Phi) is 6.48. The largest absolute Gasteiger partial charge is 0.378 e. The number of hydrogen-bond donors (Lipinski definition) is 1. The number of nitrogens with zero attached hydrogens (tertiary/aromatic N) is 4.